The van der Waals surface area contributed by atoms with E-state index in [1.165, 1.54) is 0 Å². The Balaban J connectivity index is 2.45. The van der Waals surface area contributed by atoms with E-state index in [2.05, 4.69) is 4.98 Å². The van der Waals surface area contributed by atoms with Crippen LogP contribution in [0.2, 0.25) is 0 Å². The van der Waals surface area contributed by atoms with Gasteiger partial charge in [-0.2, -0.15) is 0 Å². The van der Waals surface area contributed by atoms with Gasteiger partial charge in [0.25, 0.3) is 0 Å². The van der Waals surface area contributed by atoms with Gasteiger partial charge in [-0.3, -0.25) is 0 Å². The number of aromatic nitrogens is 1. The molecule has 0 aliphatic rings. The van der Waals surface area contributed by atoms with Crippen LogP contribution in [-0.4, -0.2) is 22.2 Å². The van der Waals surface area contributed by atoms with Crippen molar-refractivity contribution < 1.29 is 14.6 Å². The Kier molecular flexibility index (Phi) is 2.78. The Hall–Kier alpha value is -1.62. The van der Waals surface area contributed by atoms with E-state index in [4.69, 9.17) is 4.74 Å². The molecule has 0 bridgehead atoms. The Labute approximate surface area is 96.5 Å². The highest BCUT2D eigenvalue weighted by molar-refractivity contribution is 7.20. The van der Waals surface area contributed by atoms with Crippen molar-refractivity contribution in [2.75, 3.05) is 0 Å². The lowest BCUT2D eigenvalue weighted by molar-refractivity contribution is 0.0381. The van der Waals surface area contributed by atoms with Gasteiger partial charge in [0.2, 0.25) is 0 Å². The van der Waals surface area contributed by atoms with Crippen LogP contribution in [0, 0.1) is 0 Å². The van der Waals surface area contributed by atoms with E-state index >= 15 is 0 Å². The molecule has 0 saturated heterocycles. The summed E-state index contributed by atoms with van der Waals surface area (Å²) in [5, 5.41) is 10.4. The van der Waals surface area contributed by atoms with Gasteiger partial charge < -0.3 is 9.84 Å². The van der Waals surface area contributed by atoms with Gasteiger partial charge in [-0.05, 0) is 26.0 Å². The van der Waals surface area contributed by atoms with Crippen molar-refractivity contribution in [3.05, 3.63) is 23.2 Å². The molecule has 2 aromatic heterocycles. The SMILES string of the molecule is CC(C)OC(=O)c1sc2ncccc2c1O. The van der Waals surface area contributed by atoms with Gasteiger partial charge in [-0.25, -0.2) is 9.78 Å². The molecule has 0 spiro atoms. The number of pyridine rings is 1. The van der Waals surface area contributed by atoms with Crippen molar-refractivity contribution in [2.45, 2.75) is 20.0 Å². The predicted molar refractivity (Wildman–Crippen MR) is 61.8 cm³/mol. The van der Waals surface area contributed by atoms with Gasteiger partial charge in [-0.1, -0.05) is 0 Å². The zero-order valence-electron chi connectivity index (χ0n) is 8.93. The first-order valence-corrected chi connectivity index (χ1v) is 5.68. The van der Waals surface area contributed by atoms with Crippen molar-refractivity contribution in [1.82, 2.24) is 4.98 Å². The molecule has 2 rings (SSSR count). The maximum atomic E-state index is 11.6. The number of carbonyl (C=O) groups excluding carboxylic acids is 1. The van der Waals surface area contributed by atoms with Gasteiger partial charge >= 0.3 is 5.97 Å². The average molecular weight is 237 g/mol. The first-order chi connectivity index (χ1) is 7.59. The molecule has 0 aliphatic heterocycles. The monoisotopic (exact) mass is 237 g/mol. The maximum Gasteiger partial charge on any atom is 0.352 e. The van der Waals surface area contributed by atoms with Crippen LogP contribution in [0.4, 0.5) is 0 Å². The molecule has 5 heteroatoms. The Bertz CT molecular complexity index is 533. The standard InChI is InChI=1S/C11H11NO3S/c1-6(2)15-11(14)9-8(13)7-4-3-5-12-10(7)16-9/h3-6,13H,1-2H3. The van der Waals surface area contributed by atoms with Crippen molar-refractivity contribution in [3.8, 4) is 5.75 Å². The average Bonchev–Trinajstić information content (AvgIpc) is 2.56. The van der Waals surface area contributed by atoms with E-state index in [0.717, 1.165) is 11.3 Å². The zero-order chi connectivity index (χ0) is 11.7. The lowest BCUT2D eigenvalue weighted by Crippen LogP contribution is -2.10. The van der Waals surface area contributed by atoms with Crippen LogP contribution in [0.5, 0.6) is 5.75 Å². The Morgan fingerprint density at radius 1 is 1.56 bits per heavy atom. The van der Waals surface area contributed by atoms with Gasteiger partial charge in [0, 0.05) is 6.20 Å². The van der Waals surface area contributed by atoms with E-state index in [1.54, 1.807) is 32.2 Å². The van der Waals surface area contributed by atoms with Gasteiger partial charge in [0.1, 0.15) is 4.83 Å². The van der Waals surface area contributed by atoms with Crippen LogP contribution in [0.1, 0.15) is 23.5 Å². The summed E-state index contributed by atoms with van der Waals surface area (Å²) in [7, 11) is 0. The summed E-state index contributed by atoms with van der Waals surface area (Å²) in [6, 6.07) is 3.44. The van der Waals surface area contributed by atoms with E-state index in [1.807, 2.05) is 0 Å². The van der Waals surface area contributed by atoms with Crippen molar-refractivity contribution in [3.63, 3.8) is 0 Å². The number of esters is 1. The number of aromatic hydroxyl groups is 1. The minimum Gasteiger partial charge on any atom is -0.505 e. The summed E-state index contributed by atoms with van der Waals surface area (Å²) < 4.78 is 5.03. The second-order valence-corrected chi connectivity index (χ2v) is 4.59. The molecule has 0 aliphatic carbocycles. The van der Waals surface area contributed by atoms with E-state index < -0.39 is 5.97 Å². The summed E-state index contributed by atoms with van der Waals surface area (Å²) in [6.45, 7) is 3.53. The van der Waals surface area contributed by atoms with Gasteiger partial charge in [-0.15, -0.1) is 11.3 Å². The first-order valence-electron chi connectivity index (χ1n) is 4.87. The third kappa shape index (κ3) is 1.86. The van der Waals surface area contributed by atoms with Crippen molar-refractivity contribution in [1.29, 1.82) is 0 Å². The number of hydrogen-bond acceptors (Lipinski definition) is 5. The first kappa shape index (κ1) is 10.9. The number of carbonyl (C=O) groups is 1. The van der Waals surface area contributed by atoms with Crippen LogP contribution in [0.25, 0.3) is 10.2 Å². The number of ether oxygens (including phenoxy) is 1. The van der Waals surface area contributed by atoms with Crippen LogP contribution in [-0.2, 0) is 4.74 Å². The van der Waals surface area contributed by atoms with Crippen molar-refractivity contribution in [2.24, 2.45) is 0 Å². The molecule has 0 radical (unpaired) electrons. The van der Waals surface area contributed by atoms with E-state index in [0.29, 0.717) is 10.2 Å². The summed E-state index contributed by atoms with van der Waals surface area (Å²) in [5.74, 6) is -0.547. The Morgan fingerprint density at radius 3 is 2.94 bits per heavy atom. The third-order valence-corrected chi connectivity index (χ3v) is 3.05. The molecule has 2 heterocycles. The molecule has 0 saturated carbocycles. The second-order valence-electron chi connectivity index (χ2n) is 3.59. The topological polar surface area (TPSA) is 59.4 Å². The van der Waals surface area contributed by atoms with Crippen LogP contribution in [0.3, 0.4) is 0 Å². The lowest BCUT2D eigenvalue weighted by atomic mass is 10.3. The normalized spacial score (nSPS) is 10.9. The fraction of sp³-hybridized carbons (Fsp3) is 0.273. The highest BCUT2D eigenvalue weighted by atomic mass is 32.1. The zero-order valence-corrected chi connectivity index (χ0v) is 9.75. The minimum atomic E-state index is -0.504. The minimum absolute atomic E-state index is 0.0428. The number of rotatable bonds is 2. The molecule has 84 valence electrons. The summed E-state index contributed by atoms with van der Waals surface area (Å²) in [6.07, 6.45) is 1.42. The highest BCUT2D eigenvalue weighted by Crippen LogP contribution is 2.35. The highest BCUT2D eigenvalue weighted by Gasteiger charge is 2.20. The molecule has 1 N–H and O–H groups in total. The molecule has 0 atom stereocenters. The molecule has 2 aromatic rings. The van der Waals surface area contributed by atoms with Gasteiger partial charge in [0.05, 0.1) is 11.5 Å². The molecule has 4 nitrogen and oxygen atoms in total. The fourth-order valence-corrected chi connectivity index (χ4v) is 2.25. The molecular weight excluding hydrogens is 226 g/mol. The molecule has 0 fully saturated rings. The van der Waals surface area contributed by atoms with E-state index in [-0.39, 0.29) is 16.7 Å². The second kappa shape index (κ2) is 4.09. The predicted octanol–water partition coefficient (Wildman–Crippen LogP) is 2.57. The molecule has 16 heavy (non-hydrogen) atoms. The molecule has 0 unspecified atom stereocenters. The maximum absolute atomic E-state index is 11.6. The fourth-order valence-electron chi connectivity index (χ4n) is 1.33. The summed E-state index contributed by atoms with van der Waals surface area (Å²) in [4.78, 5) is 16.6. The number of nitrogens with zero attached hydrogens (tertiary/aromatic N) is 1. The summed E-state index contributed by atoms with van der Waals surface area (Å²) in [5.41, 5.74) is 0. The van der Waals surface area contributed by atoms with E-state index in [9.17, 15) is 9.90 Å². The third-order valence-electron chi connectivity index (χ3n) is 1.97. The quantitative estimate of drug-likeness (QED) is 0.815. The Morgan fingerprint density at radius 2 is 2.31 bits per heavy atom. The molecule has 0 amide bonds. The smallest absolute Gasteiger partial charge is 0.352 e. The lowest BCUT2D eigenvalue weighted by Gasteiger charge is -2.05. The van der Waals surface area contributed by atoms with Crippen LogP contribution < -0.4 is 0 Å². The molecule has 0 aromatic carbocycles. The molecular formula is C11H11NO3S. The van der Waals surface area contributed by atoms with Gasteiger partial charge in [0.15, 0.2) is 10.6 Å². The largest absolute Gasteiger partial charge is 0.505 e. The number of thiophene rings is 1. The van der Waals surface area contributed by atoms with Crippen molar-refractivity contribution >= 4 is 27.5 Å². The number of fused-ring (bicyclic) bond motifs is 1. The van der Waals surface area contributed by atoms with Crippen LogP contribution >= 0.6 is 11.3 Å². The summed E-state index contributed by atoms with van der Waals surface area (Å²) >= 11 is 1.14. The number of hydrogen-bond donors (Lipinski definition) is 1. The van der Waals surface area contributed by atoms with Crippen LogP contribution in [0.15, 0.2) is 18.3 Å².